The first kappa shape index (κ1) is 18.4. The van der Waals surface area contributed by atoms with E-state index in [2.05, 4.69) is 44.8 Å². The molecule has 1 aromatic carbocycles. The van der Waals surface area contributed by atoms with Crippen molar-refractivity contribution in [3.05, 3.63) is 34.6 Å². The smallest absolute Gasteiger partial charge is 0.123 e. The molecular weight excluding hydrogens is 287 g/mol. The fourth-order valence-electron chi connectivity index (χ4n) is 3.16. The van der Waals surface area contributed by atoms with E-state index in [0.29, 0.717) is 5.02 Å². The van der Waals surface area contributed by atoms with Crippen LogP contribution < -0.4 is 5.32 Å². The van der Waals surface area contributed by atoms with Gasteiger partial charge >= 0.3 is 0 Å². The maximum absolute atomic E-state index is 13.7. The maximum atomic E-state index is 13.7. The zero-order valence-corrected chi connectivity index (χ0v) is 14.6. The molecule has 2 nitrogen and oxygen atoms in total. The molecule has 4 heteroatoms. The Bertz CT molecular complexity index is 448. The third kappa shape index (κ3) is 3.97. The molecule has 1 N–H and O–H groups in total. The van der Waals surface area contributed by atoms with Gasteiger partial charge in [-0.1, -0.05) is 39.3 Å². The second-order valence-electron chi connectivity index (χ2n) is 5.54. The maximum Gasteiger partial charge on any atom is 0.123 e. The van der Waals surface area contributed by atoms with Gasteiger partial charge < -0.3 is 5.32 Å². The lowest BCUT2D eigenvalue weighted by molar-refractivity contribution is 0.0704. The van der Waals surface area contributed by atoms with Gasteiger partial charge in [0.25, 0.3) is 0 Å². The number of nitrogens with zero attached hydrogens (tertiary/aromatic N) is 1. The summed E-state index contributed by atoms with van der Waals surface area (Å²) in [5.41, 5.74) is 0.728. The van der Waals surface area contributed by atoms with E-state index < -0.39 is 0 Å². The molecule has 0 bridgehead atoms. The van der Waals surface area contributed by atoms with Crippen LogP contribution in [0.3, 0.4) is 0 Å². The Kier molecular flexibility index (Phi) is 7.11. The van der Waals surface area contributed by atoms with Gasteiger partial charge in [0.2, 0.25) is 0 Å². The van der Waals surface area contributed by atoms with Crippen LogP contribution in [0.25, 0.3) is 0 Å². The topological polar surface area (TPSA) is 15.3 Å². The highest BCUT2D eigenvalue weighted by Crippen LogP contribution is 2.37. The average Bonchev–Trinajstić information content (AvgIpc) is 2.48. The highest BCUT2D eigenvalue weighted by Gasteiger charge is 2.38. The summed E-state index contributed by atoms with van der Waals surface area (Å²) in [5.74, 6) is -0.240. The van der Waals surface area contributed by atoms with E-state index >= 15 is 0 Å². The van der Waals surface area contributed by atoms with E-state index in [-0.39, 0.29) is 17.4 Å². The Morgan fingerprint density at radius 2 is 1.86 bits per heavy atom. The first-order chi connectivity index (χ1) is 9.94. The molecule has 0 aromatic heterocycles. The van der Waals surface area contributed by atoms with E-state index in [1.54, 1.807) is 12.1 Å². The molecule has 0 heterocycles. The quantitative estimate of drug-likeness (QED) is 0.752. The lowest BCUT2D eigenvalue weighted by Crippen LogP contribution is -2.54. The van der Waals surface area contributed by atoms with Gasteiger partial charge in [-0.3, -0.25) is 4.90 Å². The second-order valence-corrected chi connectivity index (χ2v) is 5.95. The summed E-state index contributed by atoms with van der Waals surface area (Å²) in [7, 11) is 0. The predicted octanol–water partition coefficient (Wildman–Crippen LogP) is 4.64. The first-order valence-corrected chi connectivity index (χ1v) is 8.25. The third-order valence-electron chi connectivity index (χ3n) is 4.50. The van der Waals surface area contributed by atoms with Crippen LogP contribution in [0.1, 0.15) is 52.6 Å². The van der Waals surface area contributed by atoms with Crippen molar-refractivity contribution in [2.75, 3.05) is 19.6 Å². The van der Waals surface area contributed by atoms with Crippen LogP contribution in [-0.2, 0) is 0 Å². The molecule has 0 saturated carbocycles. The SMILES string of the molecule is CCNC(c1cc(F)ccc1Cl)C(C)(CC)N(CC)CC. The fraction of sp³-hybridized carbons (Fsp3) is 0.647. The molecule has 0 aliphatic rings. The van der Waals surface area contributed by atoms with Crippen molar-refractivity contribution in [2.45, 2.75) is 52.6 Å². The van der Waals surface area contributed by atoms with Crippen LogP contribution in [0.4, 0.5) is 4.39 Å². The number of likely N-dealkylation sites (N-methyl/N-ethyl adjacent to an activating group) is 2. The van der Waals surface area contributed by atoms with Crippen molar-refractivity contribution in [1.82, 2.24) is 10.2 Å². The monoisotopic (exact) mass is 314 g/mol. The number of hydrogen-bond donors (Lipinski definition) is 1. The van der Waals surface area contributed by atoms with E-state index in [4.69, 9.17) is 11.6 Å². The lowest BCUT2D eigenvalue weighted by atomic mass is 9.82. The van der Waals surface area contributed by atoms with Crippen LogP contribution in [-0.4, -0.2) is 30.1 Å². The summed E-state index contributed by atoms with van der Waals surface area (Å²) in [6.45, 7) is 13.5. The summed E-state index contributed by atoms with van der Waals surface area (Å²) in [6.07, 6.45) is 0.958. The zero-order chi connectivity index (χ0) is 16.0. The molecule has 2 atom stereocenters. The zero-order valence-electron chi connectivity index (χ0n) is 13.8. The van der Waals surface area contributed by atoms with Crippen molar-refractivity contribution in [2.24, 2.45) is 0 Å². The molecule has 0 amide bonds. The highest BCUT2D eigenvalue weighted by molar-refractivity contribution is 6.31. The van der Waals surface area contributed by atoms with Crippen molar-refractivity contribution >= 4 is 11.6 Å². The molecule has 0 aliphatic carbocycles. The Balaban J connectivity index is 3.34. The minimum absolute atomic E-state index is 0.00407. The van der Waals surface area contributed by atoms with Crippen LogP contribution >= 0.6 is 11.6 Å². The average molecular weight is 315 g/mol. The minimum atomic E-state index is -0.240. The number of hydrogen-bond acceptors (Lipinski definition) is 2. The Labute approximate surface area is 133 Å². The standard InChI is InChI=1S/C17H28ClFN2/c1-6-17(5,21(8-3)9-4)16(20-7-2)14-12-13(19)10-11-15(14)18/h10-12,16,20H,6-9H2,1-5H3. The van der Waals surface area contributed by atoms with Gasteiger partial charge in [-0.2, -0.15) is 0 Å². The second kappa shape index (κ2) is 8.11. The molecule has 21 heavy (non-hydrogen) atoms. The molecule has 120 valence electrons. The van der Waals surface area contributed by atoms with Gasteiger partial charge in [0.15, 0.2) is 0 Å². The molecule has 0 fully saturated rings. The highest BCUT2D eigenvalue weighted by atomic mass is 35.5. The van der Waals surface area contributed by atoms with Crippen molar-refractivity contribution < 1.29 is 4.39 Å². The molecule has 0 radical (unpaired) electrons. The van der Waals surface area contributed by atoms with Gasteiger partial charge in [-0.25, -0.2) is 4.39 Å². The summed E-state index contributed by atoms with van der Waals surface area (Å²) in [5, 5.41) is 4.13. The molecule has 0 spiro atoms. The van der Waals surface area contributed by atoms with Gasteiger partial charge in [0.1, 0.15) is 5.82 Å². The number of nitrogens with one attached hydrogen (secondary N) is 1. The van der Waals surface area contributed by atoms with Crippen LogP contribution in [0.2, 0.25) is 5.02 Å². The van der Waals surface area contributed by atoms with Crippen LogP contribution in [0.5, 0.6) is 0 Å². The minimum Gasteiger partial charge on any atom is -0.309 e. The van der Waals surface area contributed by atoms with Gasteiger partial charge in [0, 0.05) is 10.6 Å². The van der Waals surface area contributed by atoms with Crippen molar-refractivity contribution in [3.63, 3.8) is 0 Å². The molecule has 1 aromatic rings. The van der Waals surface area contributed by atoms with Crippen LogP contribution in [0, 0.1) is 5.82 Å². The van der Waals surface area contributed by atoms with E-state index in [1.165, 1.54) is 6.07 Å². The Morgan fingerprint density at radius 3 is 2.33 bits per heavy atom. The summed E-state index contributed by atoms with van der Waals surface area (Å²) in [4.78, 5) is 2.42. The van der Waals surface area contributed by atoms with Crippen molar-refractivity contribution in [3.8, 4) is 0 Å². The largest absolute Gasteiger partial charge is 0.309 e. The van der Waals surface area contributed by atoms with Gasteiger partial charge in [-0.15, -0.1) is 0 Å². The van der Waals surface area contributed by atoms with Gasteiger partial charge in [0.05, 0.1) is 6.04 Å². The molecule has 0 saturated heterocycles. The Hall–Kier alpha value is -0.640. The van der Waals surface area contributed by atoms with Gasteiger partial charge in [-0.05, 0) is 56.7 Å². The number of benzene rings is 1. The summed E-state index contributed by atoms with van der Waals surface area (Å²) < 4.78 is 13.7. The summed E-state index contributed by atoms with van der Waals surface area (Å²) >= 11 is 6.36. The normalized spacial score (nSPS) is 16.0. The van der Waals surface area contributed by atoms with E-state index in [9.17, 15) is 4.39 Å². The Morgan fingerprint density at radius 1 is 1.24 bits per heavy atom. The lowest BCUT2D eigenvalue weighted by Gasteiger charge is -2.46. The molecule has 1 rings (SSSR count). The van der Waals surface area contributed by atoms with E-state index in [1.807, 2.05) is 0 Å². The molecule has 0 aliphatic heterocycles. The van der Waals surface area contributed by atoms with E-state index in [0.717, 1.165) is 31.6 Å². The fourth-order valence-corrected chi connectivity index (χ4v) is 3.39. The summed E-state index contributed by atoms with van der Waals surface area (Å²) in [6, 6.07) is 4.62. The van der Waals surface area contributed by atoms with Crippen molar-refractivity contribution in [1.29, 1.82) is 0 Å². The number of rotatable bonds is 8. The third-order valence-corrected chi connectivity index (χ3v) is 4.85. The molecular formula is C17H28ClFN2. The first-order valence-electron chi connectivity index (χ1n) is 7.87. The van der Waals surface area contributed by atoms with Crippen LogP contribution in [0.15, 0.2) is 18.2 Å². The molecule has 2 unspecified atom stereocenters. The number of halogens is 2. The predicted molar refractivity (Wildman–Crippen MR) is 89.4 cm³/mol.